The highest BCUT2D eigenvalue weighted by Gasteiger charge is 2.15. The highest BCUT2D eigenvalue weighted by molar-refractivity contribution is 7.89. The van der Waals surface area contributed by atoms with Crippen LogP contribution in [0.2, 0.25) is 0 Å². The van der Waals surface area contributed by atoms with E-state index in [1.807, 2.05) is 6.92 Å². The second kappa shape index (κ2) is 6.88. The minimum Gasteiger partial charge on any atom is -0.380 e. The molecule has 0 saturated heterocycles. The summed E-state index contributed by atoms with van der Waals surface area (Å²) in [5, 5.41) is 8.42. The third kappa shape index (κ3) is 4.81. The first-order valence-electron chi connectivity index (χ1n) is 6.49. The second-order valence-electron chi connectivity index (χ2n) is 4.57. The van der Waals surface area contributed by atoms with Crippen LogP contribution in [0.15, 0.2) is 29.2 Å². The average Bonchev–Trinajstić information content (AvgIpc) is 2.35. The molecule has 108 valence electrons. The summed E-state index contributed by atoms with van der Waals surface area (Å²) in [6.07, 6.45) is 0. The van der Waals surface area contributed by atoms with E-state index in [-0.39, 0.29) is 10.9 Å². The van der Waals surface area contributed by atoms with Gasteiger partial charge in [-0.1, -0.05) is 26.0 Å². The van der Waals surface area contributed by atoms with Crippen molar-refractivity contribution in [1.82, 2.24) is 4.90 Å². The summed E-state index contributed by atoms with van der Waals surface area (Å²) >= 11 is 0. The van der Waals surface area contributed by atoms with Crippen molar-refractivity contribution < 1.29 is 8.42 Å². The van der Waals surface area contributed by atoms with Gasteiger partial charge < -0.3 is 10.2 Å². The van der Waals surface area contributed by atoms with Crippen LogP contribution in [0.1, 0.15) is 20.8 Å². The van der Waals surface area contributed by atoms with E-state index in [9.17, 15) is 8.42 Å². The van der Waals surface area contributed by atoms with Crippen LogP contribution in [0, 0.1) is 0 Å². The predicted octanol–water partition coefficient (Wildman–Crippen LogP) is 1.48. The van der Waals surface area contributed by atoms with E-state index in [1.54, 1.807) is 18.2 Å². The number of nitrogens with two attached hydrogens (primary N) is 1. The lowest BCUT2D eigenvalue weighted by atomic mass is 10.2. The van der Waals surface area contributed by atoms with Gasteiger partial charge in [-0.15, -0.1) is 0 Å². The molecule has 0 spiro atoms. The zero-order valence-corrected chi connectivity index (χ0v) is 12.6. The van der Waals surface area contributed by atoms with E-state index >= 15 is 0 Å². The van der Waals surface area contributed by atoms with E-state index in [4.69, 9.17) is 5.14 Å². The lowest BCUT2D eigenvalue weighted by molar-refractivity contribution is 0.294. The first kappa shape index (κ1) is 15.9. The fourth-order valence-electron chi connectivity index (χ4n) is 2.01. The number of para-hydroxylation sites is 1. The Morgan fingerprint density at radius 1 is 1.26 bits per heavy atom. The number of likely N-dealkylation sites (N-methyl/N-ethyl adjacent to an activating group) is 1. The van der Waals surface area contributed by atoms with Gasteiger partial charge in [0, 0.05) is 12.6 Å². The van der Waals surface area contributed by atoms with Gasteiger partial charge in [-0.3, -0.25) is 0 Å². The molecule has 1 unspecified atom stereocenters. The van der Waals surface area contributed by atoms with Crippen molar-refractivity contribution in [3.8, 4) is 0 Å². The summed E-state index contributed by atoms with van der Waals surface area (Å²) < 4.78 is 23.0. The lowest BCUT2D eigenvalue weighted by Gasteiger charge is -2.24. The Labute approximate surface area is 115 Å². The molecule has 0 aromatic heterocycles. The Balaban J connectivity index is 2.83. The third-order valence-corrected chi connectivity index (χ3v) is 3.99. The molecule has 5 nitrogen and oxygen atoms in total. The molecule has 6 heteroatoms. The van der Waals surface area contributed by atoms with Crippen molar-refractivity contribution in [3.05, 3.63) is 24.3 Å². The van der Waals surface area contributed by atoms with Crippen LogP contribution in [-0.4, -0.2) is 39.0 Å². The van der Waals surface area contributed by atoms with E-state index in [2.05, 4.69) is 24.1 Å². The molecule has 1 aromatic rings. The Morgan fingerprint density at radius 3 is 2.37 bits per heavy atom. The topological polar surface area (TPSA) is 75.4 Å². The molecular weight excluding hydrogens is 262 g/mol. The molecule has 1 aromatic carbocycles. The molecule has 0 amide bonds. The van der Waals surface area contributed by atoms with Gasteiger partial charge >= 0.3 is 0 Å². The first-order valence-corrected chi connectivity index (χ1v) is 8.03. The Bertz CT molecular complexity index is 498. The molecule has 3 N–H and O–H groups in total. The standard InChI is InChI=1S/C13H23N3O2S/c1-4-16(5-2)10-11(3)15-12-8-6-7-9-13(12)19(14,17)18/h6-9,11,15H,4-5,10H2,1-3H3,(H2,14,17,18). The van der Waals surface area contributed by atoms with Gasteiger partial charge in [0.15, 0.2) is 0 Å². The van der Waals surface area contributed by atoms with Crippen LogP contribution in [0.4, 0.5) is 5.69 Å². The summed E-state index contributed by atoms with van der Waals surface area (Å²) in [5.74, 6) is 0. The number of nitrogens with zero attached hydrogens (tertiary/aromatic N) is 1. The van der Waals surface area contributed by atoms with Crippen molar-refractivity contribution in [2.24, 2.45) is 5.14 Å². The van der Waals surface area contributed by atoms with E-state index in [0.717, 1.165) is 19.6 Å². The van der Waals surface area contributed by atoms with Gasteiger partial charge in [-0.2, -0.15) is 0 Å². The maximum Gasteiger partial charge on any atom is 0.240 e. The van der Waals surface area contributed by atoms with Crippen molar-refractivity contribution in [1.29, 1.82) is 0 Å². The van der Waals surface area contributed by atoms with Gasteiger partial charge in [-0.05, 0) is 32.1 Å². The van der Waals surface area contributed by atoms with Gasteiger partial charge in [-0.25, -0.2) is 13.6 Å². The van der Waals surface area contributed by atoms with Crippen LogP contribution in [0.3, 0.4) is 0 Å². The van der Waals surface area contributed by atoms with Crippen LogP contribution < -0.4 is 10.5 Å². The number of hydrogen-bond acceptors (Lipinski definition) is 4. The van der Waals surface area contributed by atoms with Gasteiger partial charge in [0.2, 0.25) is 10.0 Å². The minimum absolute atomic E-state index is 0.140. The summed E-state index contributed by atoms with van der Waals surface area (Å²) in [6, 6.07) is 6.85. The van der Waals surface area contributed by atoms with Gasteiger partial charge in [0.25, 0.3) is 0 Å². The summed E-state index contributed by atoms with van der Waals surface area (Å²) in [5.41, 5.74) is 0.560. The zero-order chi connectivity index (χ0) is 14.5. The third-order valence-electron chi connectivity index (χ3n) is 3.02. The predicted molar refractivity (Wildman–Crippen MR) is 78.7 cm³/mol. The number of anilines is 1. The zero-order valence-electron chi connectivity index (χ0n) is 11.8. The normalized spacial score (nSPS) is 13.5. The highest BCUT2D eigenvalue weighted by Crippen LogP contribution is 2.20. The van der Waals surface area contributed by atoms with Gasteiger partial charge in [0.1, 0.15) is 4.90 Å². The van der Waals surface area contributed by atoms with Crippen LogP contribution >= 0.6 is 0 Å². The quantitative estimate of drug-likeness (QED) is 0.795. The lowest BCUT2D eigenvalue weighted by Crippen LogP contribution is -2.35. The fraction of sp³-hybridized carbons (Fsp3) is 0.538. The largest absolute Gasteiger partial charge is 0.380 e. The molecule has 19 heavy (non-hydrogen) atoms. The van der Waals surface area contributed by atoms with E-state index < -0.39 is 10.0 Å². The number of benzene rings is 1. The highest BCUT2D eigenvalue weighted by atomic mass is 32.2. The molecule has 0 bridgehead atoms. The number of nitrogens with one attached hydrogen (secondary N) is 1. The van der Waals surface area contributed by atoms with Crippen LogP contribution in [-0.2, 0) is 10.0 Å². The fourth-order valence-corrected chi connectivity index (χ4v) is 2.72. The van der Waals surface area contributed by atoms with Crippen molar-refractivity contribution >= 4 is 15.7 Å². The summed E-state index contributed by atoms with van der Waals surface area (Å²) in [6.45, 7) is 9.03. The second-order valence-corrected chi connectivity index (χ2v) is 6.10. The molecular formula is C13H23N3O2S. The molecule has 0 radical (unpaired) electrons. The molecule has 0 aliphatic carbocycles. The molecule has 0 heterocycles. The molecule has 0 aliphatic heterocycles. The molecule has 0 aliphatic rings. The monoisotopic (exact) mass is 285 g/mol. The smallest absolute Gasteiger partial charge is 0.240 e. The number of sulfonamides is 1. The Morgan fingerprint density at radius 2 is 1.84 bits per heavy atom. The molecule has 0 fully saturated rings. The number of rotatable bonds is 7. The van der Waals surface area contributed by atoms with Crippen LogP contribution in [0.25, 0.3) is 0 Å². The van der Waals surface area contributed by atoms with Crippen LogP contribution in [0.5, 0.6) is 0 Å². The number of primary sulfonamides is 1. The molecule has 0 saturated carbocycles. The van der Waals surface area contributed by atoms with Gasteiger partial charge in [0.05, 0.1) is 5.69 Å². The summed E-state index contributed by atoms with van der Waals surface area (Å²) in [7, 11) is -3.69. The van der Waals surface area contributed by atoms with Crippen molar-refractivity contribution in [2.75, 3.05) is 25.0 Å². The molecule has 1 atom stereocenters. The Kier molecular flexibility index (Phi) is 5.78. The molecule has 1 rings (SSSR count). The van der Waals surface area contributed by atoms with Crippen molar-refractivity contribution in [2.45, 2.75) is 31.7 Å². The first-order chi connectivity index (χ1) is 8.88. The maximum atomic E-state index is 11.5. The Hall–Kier alpha value is -1.11. The van der Waals surface area contributed by atoms with E-state index in [0.29, 0.717) is 5.69 Å². The SMILES string of the molecule is CCN(CC)CC(C)Nc1ccccc1S(N)(=O)=O. The minimum atomic E-state index is -3.69. The summed E-state index contributed by atoms with van der Waals surface area (Å²) in [4.78, 5) is 2.42. The number of hydrogen-bond donors (Lipinski definition) is 2. The van der Waals surface area contributed by atoms with E-state index in [1.165, 1.54) is 6.07 Å². The average molecular weight is 285 g/mol. The maximum absolute atomic E-state index is 11.5. The van der Waals surface area contributed by atoms with Crippen molar-refractivity contribution in [3.63, 3.8) is 0 Å².